The quantitative estimate of drug-likeness (QED) is 0.843. The predicted molar refractivity (Wildman–Crippen MR) is 82.3 cm³/mol. The van der Waals surface area contributed by atoms with Crippen LogP contribution in [-0.4, -0.2) is 31.1 Å². The van der Waals surface area contributed by atoms with Crippen molar-refractivity contribution in [1.82, 2.24) is 10.2 Å². The molecule has 2 heteroatoms. The lowest BCUT2D eigenvalue weighted by molar-refractivity contribution is 0.194. The number of rotatable bonds is 6. The first-order valence-electron chi connectivity index (χ1n) is 7.65. The van der Waals surface area contributed by atoms with Crippen LogP contribution in [0.15, 0.2) is 30.3 Å². The van der Waals surface area contributed by atoms with Crippen LogP contribution in [-0.2, 0) is 6.54 Å². The topological polar surface area (TPSA) is 15.3 Å². The summed E-state index contributed by atoms with van der Waals surface area (Å²) in [6.07, 6.45) is 8.17. The van der Waals surface area contributed by atoms with Gasteiger partial charge in [-0.05, 0) is 45.5 Å². The van der Waals surface area contributed by atoms with Crippen LogP contribution in [0.4, 0.5) is 0 Å². The van der Waals surface area contributed by atoms with E-state index in [4.69, 9.17) is 0 Å². The standard InChI is InChI=1S/C17H28N2/c1-18-17(11-7-4-8-12-17)13-14-19(2)15-16-9-5-3-6-10-16/h3,5-6,9-10,18H,4,7-8,11-15H2,1-2H3. The highest BCUT2D eigenvalue weighted by molar-refractivity contribution is 5.14. The van der Waals surface area contributed by atoms with Crippen LogP contribution in [0.3, 0.4) is 0 Å². The second-order valence-electron chi connectivity index (χ2n) is 6.06. The van der Waals surface area contributed by atoms with E-state index < -0.39 is 0 Å². The zero-order valence-corrected chi connectivity index (χ0v) is 12.5. The minimum Gasteiger partial charge on any atom is -0.314 e. The van der Waals surface area contributed by atoms with Gasteiger partial charge in [0.05, 0.1) is 0 Å². The largest absolute Gasteiger partial charge is 0.314 e. The average Bonchev–Trinajstić information content (AvgIpc) is 2.47. The zero-order chi connectivity index (χ0) is 13.6. The van der Waals surface area contributed by atoms with Gasteiger partial charge in [0, 0.05) is 12.1 Å². The van der Waals surface area contributed by atoms with Gasteiger partial charge >= 0.3 is 0 Å². The van der Waals surface area contributed by atoms with Crippen LogP contribution < -0.4 is 5.32 Å². The summed E-state index contributed by atoms with van der Waals surface area (Å²) in [5.41, 5.74) is 1.82. The predicted octanol–water partition coefficient (Wildman–Crippen LogP) is 3.43. The lowest BCUT2D eigenvalue weighted by Gasteiger charge is -2.38. The van der Waals surface area contributed by atoms with Crippen molar-refractivity contribution in [2.45, 2.75) is 50.6 Å². The highest BCUT2D eigenvalue weighted by Crippen LogP contribution is 2.30. The number of hydrogen-bond donors (Lipinski definition) is 1. The number of nitrogens with one attached hydrogen (secondary N) is 1. The van der Waals surface area contributed by atoms with Crippen molar-refractivity contribution in [3.63, 3.8) is 0 Å². The van der Waals surface area contributed by atoms with Gasteiger partial charge in [-0.2, -0.15) is 0 Å². The summed E-state index contributed by atoms with van der Waals surface area (Å²) in [6, 6.07) is 10.8. The number of nitrogens with zero attached hydrogens (tertiary/aromatic N) is 1. The minimum atomic E-state index is 0.406. The van der Waals surface area contributed by atoms with E-state index in [2.05, 4.69) is 54.6 Å². The SMILES string of the molecule is CNC1(CCN(C)Cc2ccccc2)CCCCC1. The molecule has 1 saturated carbocycles. The minimum absolute atomic E-state index is 0.406. The van der Waals surface area contributed by atoms with Gasteiger partial charge in [0.2, 0.25) is 0 Å². The molecule has 0 aliphatic heterocycles. The summed E-state index contributed by atoms with van der Waals surface area (Å²) in [5, 5.41) is 3.61. The lowest BCUT2D eigenvalue weighted by Crippen LogP contribution is -2.46. The summed E-state index contributed by atoms with van der Waals surface area (Å²) in [5.74, 6) is 0. The van der Waals surface area contributed by atoms with Crippen molar-refractivity contribution in [3.05, 3.63) is 35.9 Å². The Morgan fingerprint density at radius 3 is 2.42 bits per heavy atom. The van der Waals surface area contributed by atoms with E-state index in [0.29, 0.717) is 5.54 Å². The first-order valence-corrected chi connectivity index (χ1v) is 7.65. The van der Waals surface area contributed by atoms with E-state index in [0.717, 1.165) is 6.54 Å². The molecular weight excluding hydrogens is 232 g/mol. The Morgan fingerprint density at radius 1 is 1.11 bits per heavy atom. The molecule has 19 heavy (non-hydrogen) atoms. The van der Waals surface area contributed by atoms with Gasteiger partial charge in [-0.1, -0.05) is 49.6 Å². The maximum absolute atomic E-state index is 3.61. The maximum atomic E-state index is 3.61. The maximum Gasteiger partial charge on any atom is 0.0230 e. The Hall–Kier alpha value is -0.860. The first kappa shape index (κ1) is 14.5. The molecule has 0 unspecified atom stereocenters. The molecule has 1 N–H and O–H groups in total. The van der Waals surface area contributed by atoms with Gasteiger partial charge in [0.1, 0.15) is 0 Å². The highest BCUT2D eigenvalue weighted by Gasteiger charge is 2.29. The zero-order valence-electron chi connectivity index (χ0n) is 12.5. The van der Waals surface area contributed by atoms with E-state index in [1.165, 1.54) is 50.6 Å². The fourth-order valence-electron chi connectivity index (χ4n) is 3.23. The summed E-state index contributed by atoms with van der Waals surface area (Å²) in [4.78, 5) is 2.45. The summed E-state index contributed by atoms with van der Waals surface area (Å²) in [6.45, 7) is 2.23. The molecule has 2 rings (SSSR count). The highest BCUT2D eigenvalue weighted by atomic mass is 15.1. The fourth-order valence-corrected chi connectivity index (χ4v) is 3.23. The van der Waals surface area contributed by atoms with Crippen molar-refractivity contribution >= 4 is 0 Å². The van der Waals surface area contributed by atoms with Gasteiger partial charge in [0.15, 0.2) is 0 Å². The molecule has 1 aliphatic rings. The van der Waals surface area contributed by atoms with Crippen molar-refractivity contribution in [3.8, 4) is 0 Å². The third-order valence-corrected chi connectivity index (χ3v) is 4.61. The molecule has 1 aliphatic carbocycles. The van der Waals surface area contributed by atoms with E-state index in [-0.39, 0.29) is 0 Å². The molecule has 0 radical (unpaired) electrons. The Balaban J connectivity index is 1.80. The molecule has 0 heterocycles. The van der Waals surface area contributed by atoms with Crippen LogP contribution in [0.1, 0.15) is 44.1 Å². The molecule has 0 saturated heterocycles. The average molecular weight is 260 g/mol. The van der Waals surface area contributed by atoms with E-state index in [1.54, 1.807) is 0 Å². The summed E-state index contributed by atoms with van der Waals surface area (Å²) in [7, 11) is 4.38. The smallest absolute Gasteiger partial charge is 0.0230 e. The van der Waals surface area contributed by atoms with Crippen LogP contribution in [0.2, 0.25) is 0 Å². The lowest BCUT2D eigenvalue weighted by atomic mass is 9.79. The third-order valence-electron chi connectivity index (χ3n) is 4.61. The number of hydrogen-bond acceptors (Lipinski definition) is 2. The Morgan fingerprint density at radius 2 is 1.79 bits per heavy atom. The molecule has 0 atom stereocenters. The van der Waals surface area contributed by atoms with Crippen molar-refractivity contribution in [1.29, 1.82) is 0 Å². The van der Waals surface area contributed by atoms with Crippen LogP contribution in [0, 0.1) is 0 Å². The molecule has 0 amide bonds. The Kier molecular flexibility index (Phi) is 5.41. The van der Waals surface area contributed by atoms with Gasteiger partial charge in [-0.15, -0.1) is 0 Å². The molecule has 1 aromatic rings. The molecule has 0 aromatic heterocycles. The van der Waals surface area contributed by atoms with Crippen molar-refractivity contribution < 1.29 is 0 Å². The molecule has 2 nitrogen and oxygen atoms in total. The van der Waals surface area contributed by atoms with Crippen molar-refractivity contribution in [2.24, 2.45) is 0 Å². The molecular formula is C17H28N2. The van der Waals surface area contributed by atoms with Crippen LogP contribution in [0.25, 0.3) is 0 Å². The second-order valence-corrected chi connectivity index (χ2v) is 6.06. The normalized spacial score (nSPS) is 18.7. The first-order chi connectivity index (χ1) is 9.24. The van der Waals surface area contributed by atoms with E-state index in [1.807, 2.05) is 0 Å². The monoisotopic (exact) mass is 260 g/mol. The van der Waals surface area contributed by atoms with E-state index in [9.17, 15) is 0 Å². The molecule has 0 spiro atoms. The third kappa shape index (κ3) is 4.32. The summed E-state index contributed by atoms with van der Waals surface area (Å²) < 4.78 is 0. The molecule has 106 valence electrons. The molecule has 1 fully saturated rings. The Bertz CT molecular complexity index is 355. The second kappa shape index (κ2) is 7.06. The van der Waals surface area contributed by atoms with Gasteiger partial charge < -0.3 is 10.2 Å². The van der Waals surface area contributed by atoms with Crippen molar-refractivity contribution in [2.75, 3.05) is 20.6 Å². The van der Waals surface area contributed by atoms with Gasteiger partial charge in [0.25, 0.3) is 0 Å². The fraction of sp³-hybridized carbons (Fsp3) is 0.647. The van der Waals surface area contributed by atoms with E-state index >= 15 is 0 Å². The Labute approximate surface area is 118 Å². The summed E-state index contributed by atoms with van der Waals surface area (Å²) >= 11 is 0. The number of benzene rings is 1. The van der Waals surface area contributed by atoms with Gasteiger partial charge in [-0.3, -0.25) is 0 Å². The van der Waals surface area contributed by atoms with Gasteiger partial charge in [-0.25, -0.2) is 0 Å². The molecule has 0 bridgehead atoms. The van der Waals surface area contributed by atoms with Crippen LogP contribution >= 0.6 is 0 Å². The molecule has 1 aromatic carbocycles. The van der Waals surface area contributed by atoms with Crippen LogP contribution in [0.5, 0.6) is 0 Å².